The van der Waals surface area contributed by atoms with Gasteiger partial charge in [0.05, 0.1) is 12.1 Å². The van der Waals surface area contributed by atoms with Crippen LogP contribution in [0.5, 0.6) is 0 Å². The van der Waals surface area contributed by atoms with E-state index in [4.69, 9.17) is 5.11 Å². The summed E-state index contributed by atoms with van der Waals surface area (Å²) < 4.78 is 18.6. The molecule has 1 aromatic rings. The van der Waals surface area contributed by atoms with Crippen molar-refractivity contribution in [2.75, 3.05) is 13.7 Å². The number of rotatable bonds is 5. The van der Waals surface area contributed by atoms with Crippen molar-refractivity contribution in [1.29, 1.82) is 0 Å². The van der Waals surface area contributed by atoms with E-state index in [1.165, 1.54) is 19.2 Å². The minimum Gasteiger partial charge on any atom is -0.479 e. The van der Waals surface area contributed by atoms with E-state index in [2.05, 4.69) is 26.0 Å². The van der Waals surface area contributed by atoms with Crippen molar-refractivity contribution >= 4 is 27.8 Å². The zero-order valence-corrected chi connectivity index (χ0v) is 11.0. The molecule has 0 spiro atoms. The first-order chi connectivity index (χ1) is 8.45. The lowest BCUT2D eigenvalue weighted by Gasteiger charge is -2.11. The van der Waals surface area contributed by atoms with Gasteiger partial charge in [-0.3, -0.25) is 4.79 Å². The van der Waals surface area contributed by atoms with Crippen LogP contribution in [-0.2, 0) is 9.53 Å². The molecule has 0 radical (unpaired) electrons. The van der Waals surface area contributed by atoms with Crippen molar-refractivity contribution in [2.45, 2.75) is 6.10 Å². The number of nitrogens with one attached hydrogen (secondary N) is 1. The van der Waals surface area contributed by atoms with Crippen LogP contribution >= 0.6 is 15.9 Å². The summed E-state index contributed by atoms with van der Waals surface area (Å²) in [5.41, 5.74) is -0.154. The van der Waals surface area contributed by atoms with Crippen molar-refractivity contribution in [3.05, 3.63) is 34.1 Å². The van der Waals surface area contributed by atoms with E-state index in [0.29, 0.717) is 4.47 Å². The third-order valence-corrected chi connectivity index (χ3v) is 2.68. The molecule has 2 N–H and O–H groups in total. The van der Waals surface area contributed by atoms with E-state index in [9.17, 15) is 14.0 Å². The average molecular weight is 320 g/mol. The Labute approximate surface area is 111 Å². The average Bonchev–Trinajstić information content (AvgIpc) is 2.28. The van der Waals surface area contributed by atoms with Crippen LogP contribution in [0.4, 0.5) is 4.39 Å². The summed E-state index contributed by atoms with van der Waals surface area (Å²) in [5.74, 6) is -2.58. The van der Waals surface area contributed by atoms with E-state index < -0.39 is 23.8 Å². The fraction of sp³-hybridized carbons (Fsp3) is 0.273. The van der Waals surface area contributed by atoms with Crippen molar-refractivity contribution in [3.63, 3.8) is 0 Å². The van der Waals surface area contributed by atoms with E-state index in [1.807, 2.05) is 0 Å². The number of carboxylic acid groups (broad SMARTS) is 1. The Morgan fingerprint density at radius 2 is 2.22 bits per heavy atom. The van der Waals surface area contributed by atoms with Gasteiger partial charge >= 0.3 is 5.97 Å². The number of carboxylic acids is 1. The van der Waals surface area contributed by atoms with Crippen LogP contribution in [0.2, 0.25) is 0 Å². The molecule has 0 saturated heterocycles. The maximum atomic E-state index is 13.4. The Kier molecular flexibility index (Phi) is 5.24. The topological polar surface area (TPSA) is 75.6 Å². The van der Waals surface area contributed by atoms with Crippen LogP contribution < -0.4 is 5.32 Å². The van der Waals surface area contributed by atoms with Crippen molar-refractivity contribution < 1.29 is 23.8 Å². The smallest absolute Gasteiger partial charge is 0.334 e. The highest BCUT2D eigenvalue weighted by Gasteiger charge is 2.19. The number of benzene rings is 1. The number of aliphatic carboxylic acids is 1. The van der Waals surface area contributed by atoms with Gasteiger partial charge in [0.1, 0.15) is 5.82 Å². The fourth-order valence-corrected chi connectivity index (χ4v) is 1.56. The van der Waals surface area contributed by atoms with Crippen LogP contribution in [0, 0.1) is 5.82 Å². The van der Waals surface area contributed by atoms with Crippen LogP contribution in [-0.4, -0.2) is 36.7 Å². The summed E-state index contributed by atoms with van der Waals surface area (Å²) in [5, 5.41) is 11.0. The maximum Gasteiger partial charge on any atom is 0.334 e. The molecule has 0 bridgehead atoms. The van der Waals surface area contributed by atoms with Gasteiger partial charge in [0.15, 0.2) is 6.10 Å². The minimum atomic E-state index is -1.20. The zero-order chi connectivity index (χ0) is 13.7. The highest BCUT2D eigenvalue weighted by Crippen LogP contribution is 2.15. The lowest BCUT2D eigenvalue weighted by atomic mass is 10.2. The molecule has 0 aliphatic rings. The fourth-order valence-electron chi connectivity index (χ4n) is 1.23. The Bertz CT molecular complexity index is 466. The molecule has 5 nitrogen and oxygen atoms in total. The normalized spacial score (nSPS) is 11.9. The Morgan fingerprint density at radius 1 is 1.56 bits per heavy atom. The summed E-state index contributed by atoms with van der Waals surface area (Å²) in [6.45, 7) is -0.236. The lowest BCUT2D eigenvalue weighted by molar-refractivity contribution is -0.148. The van der Waals surface area contributed by atoms with Gasteiger partial charge in [-0.15, -0.1) is 0 Å². The van der Waals surface area contributed by atoms with Gasteiger partial charge in [-0.25, -0.2) is 9.18 Å². The molecule has 0 fully saturated rings. The van der Waals surface area contributed by atoms with Crippen molar-refractivity contribution in [1.82, 2.24) is 5.32 Å². The van der Waals surface area contributed by atoms with Gasteiger partial charge < -0.3 is 15.2 Å². The first-order valence-corrected chi connectivity index (χ1v) is 5.74. The largest absolute Gasteiger partial charge is 0.479 e. The predicted molar refractivity (Wildman–Crippen MR) is 64.9 cm³/mol. The van der Waals surface area contributed by atoms with Gasteiger partial charge in [0.25, 0.3) is 5.91 Å². The molecule has 1 amide bonds. The Balaban J connectivity index is 2.68. The molecule has 7 heteroatoms. The molecule has 0 aliphatic carbocycles. The summed E-state index contributed by atoms with van der Waals surface area (Å²) in [6.07, 6.45) is -1.16. The second-order valence-corrected chi connectivity index (χ2v) is 4.31. The van der Waals surface area contributed by atoms with Gasteiger partial charge in [0, 0.05) is 11.6 Å². The van der Waals surface area contributed by atoms with Crippen molar-refractivity contribution in [2.24, 2.45) is 0 Å². The summed E-state index contributed by atoms with van der Waals surface area (Å²) in [6, 6.07) is 3.97. The molecule has 0 saturated carbocycles. The number of hydrogen-bond acceptors (Lipinski definition) is 3. The van der Waals surface area contributed by atoms with E-state index in [-0.39, 0.29) is 12.1 Å². The quantitative estimate of drug-likeness (QED) is 0.860. The summed E-state index contributed by atoms with van der Waals surface area (Å²) >= 11 is 3.07. The first kappa shape index (κ1) is 14.6. The molecular formula is C11H11BrFNO4. The van der Waals surface area contributed by atoms with Gasteiger partial charge in [-0.1, -0.05) is 15.9 Å². The number of methoxy groups -OCH3 is 1. The van der Waals surface area contributed by atoms with E-state index in [1.54, 1.807) is 0 Å². The molecule has 0 aliphatic heterocycles. The van der Waals surface area contributed by atoms with E-state index in [0.717, 1.165) is 6.07 Å². The molecular weight excluding hydrogens is 309 g/mol. The van der Waals surface area contributed by atoms with Gasteiger partial charge in [0.2, 0.25) is 0 Å². The van der Waals surface area contributed by atoms with Crippen LogP contribution in [0.25, 0.3) is 0 Å². The van der Waals surface area contributed by atoms with Crippen LogP contribution in [0.3, 0.4) is 0 Å². The highest BCUT2D eigenvalue weighted by molar-refractivity contribution is 9.10. The molecule has 0 heterocycles. The minimum absolute atomic E-state index is 0.154. The highest BCUT2D eigenvalue weighted by atomic mass is 79.9. The molecule has 98 valence electrons. The zero-order valence-electron chi connectivity index (χ0n) is 9.44. The molecule has 18 heavy (non-hydrogen) atoms. The predicted octanol–water partition coefficient (Wildman–Crippen LogP) is 1.42. The van der Waals surface area contributed by atoms with Crippen molar-refractivity contribution in [3.8, 4) is 0 Å². The molecule has 1 aromatic carbocycles. The second kappa shape index (κ2) is 6.46. The number of ether oxygens (including phenoxy) is 1. The monoisotopic (exact) mass is 319 g/mol. The van der Waals surface area contributed by atoms with Gasteiger partial charge in [-0.05, 0) is 18.2 Å². The number of halogens is 2. The van der Waals surface area contributed by atoms with Crippen LogP contribution in [0.1, 0.15) is 10.4 Å². The third kappa shape index (κ3) is 3.78. The number of carbonyl (C=O) groups excluding carboxylic acids is 1. The molecule has 1 atom stereocenters. The molecule has 1 unspecified atom stereocenters. The van der Waals surface area contributed by atoms with Crippen LogP contribution in [0.15, 0.2) is 22.7 Å². The van der Waals surface area contributed by atoms with Gasteiger partial charge in [-0.2, -0.15) is 0 Å². The SMILES string of the molecule is COC(CNC(=O)c1ccc(Br)cc1F)C(=O)O. The Morgan fingerprint density at radius 3 is 2.72 bits per heavy atom. The standard InChI is InChI=1S/C11H11BrFNO4/c1-18-9(11(16)17)5-14-10(15)7-3-2-6(12)4-8(7)13/h2-4,9H,5H2,1H3,(H,14,15)(H,16,17). The molecule has 0 aromatic heterocycles. The third-order valence-electron chi connectivity index (χ3n) is 2.18. The van der Waals surface area contributed by atoms with E-state index >= 15 is 0 Å². The lowest BCUT2D eigenvalue weighted by Crippen LogP contribution is -2.38. The number of carbonyl (C=O) groups is 2. The first-order valence-electron chi connectivity index (χ1n) is 4.94. The summed E-state index contributed by atoms with van der Waals surface area (Å²) in [4.78, 5) is 22.2. The number of amides is 1. The number of hydrogen-bond donors (Lipinski definition) is 2. The molecule has 1 rings (SSSR count). The second-order valence-electron chi connectivity index (χ2n) is 3.40. The maximum absolute atomic E-state index is 13.4. The Hall–Kier alpha value is -1.47. The summed E-state index contributed by atoms with van der Waals surface area (Å²) in [7, 11) is 1.21.